The highest BCUT2D eigenvalue weighted by atomic mass is 19.4. The average Bonchev–Trinajstić information content (AvgIpc) is 2.35. The lowest BCUT2D eigenvalue weighted by atomic mass is 10.1. The van der Waals surface area contributed by atoms with Crippen LogP contribution in [0.2, 0.25) is 0 Å². The van der Waals surface area contributed by atoms with Crippen molar-refractivity contribution in [1.29, 1.82) is 0 Å². The number of carboxylic acid groups (broad SMARTS) is 1. The summed E-state index contributed by atoms with van der Waals surface area (Å²) in [6.45, 7) is 3.87. The number of carboxylic acids is 1. The molecule has 118 valence electrons. The molecule has 0 heterocycles. The maximum Gasteiger partial charge on any atom is 0.573 e. The van der Waals surface area contributed by atoms with E-state index in [1.165, 1.54) is 18.2 Å². The van der Waals surface area contributed by atoms with E-state index in [1.807, 2.05) is 13.8 Å². The van der Waals surface area contributed by atoms with E-state index in [0.717, 1.165) is 6.42 Å². The largest absolute Gasteiger partial charge is 0.573 e. The van der Waals surface area contributed by atoms with E-state index in [0.29, 0.717) is 5.56 Å². The lowest BCUT2D eigenvalue weighted by Crippen LogP contribution is -2.36. The second-order valence-corrected chi connectivity index (χ2v) is 4.75. The van der Waals surface area contributed by atoms with Gasteiger partial charge in [0, 0.05) is 12.6 Å². The molecule has 0 saturated heterocycles. The average molecular weight is 305 g/mol. The van der Waals surface area contributed by atoms with Crippen LogP contribution in [0.5, 0.6) is 5.75 Å². The van der Waals surface area contributed by atoms with Gasteiger partial charge in [-0.15, -0.1) is 13.2 Å². The SMILES string of the molecule is CCC(C)N(CC(=O)O)Cc1cccc(OC(F)(F)F)c1. The van der Waals surface area contributed by atoms with Crippen LogP contribution in [0.3, 0.4) is 0 Å². The number of ether oxygens (including phenoxy) is 1. The summed E-state index contributed by atoms with van der Waals surface area (Å²) in [6, 6.07) is 5.58. The summed E-state index contributed by atoms with van der Waals surface area (Å²) in [5.74, 6) is -1.28. The van der Waals surface area contributed by atoms with Gasteiger partial charge >= 0.3 is 12.3 Å². The lowest BCUT2D eigenvalue weighted by molar-refractivity contribution is -0.274. The van der Waals surface area contributed by atoms with Gasteiger partial charge in [0.05, 0.1) is 6.54 Å². The number of hydrogen-bond acceptors (Lipinski definition) is 3. The van der Waals surface area contributed by atoms with Crippen LogP contribution in [0.1, 0.15) is 25.8 Å². The highest BCUT2D eigenvalue weighted by Gasteiger charge is 2.31. The first-order valence-electron chi connectivity index (χ1n) is 6.51. The van der Waals surface area contributed by atoms with Gasteiger partial charge in [-0.3, -0.25) is 9.69 Å². The molecule has 0 aliphatic rings. The van der Waals surface area contributed by atoms with Crippen molar-refractivity contribution in [2.45, 2.75) is 39.2 Å². The molecule has 4 nitrogen and oxygen atoms in total. The minimum Gasteiger partial charge on any atom is -0.480 e. The van der Waals surface area contributed by atoms with E-state index in [-0.39, 0.29) is 24.9 Å². The second-order valence-electron chi connectivity index (χ2n) is 4.75. The first-order chi connectivity index (χ1) is 9.71. The summed E-state index contributed by atoms with van der Waals surface area (Å²) in [6.07, 6.45) is -4.00. The first kappa shape index (κ1) is 17.3. The first-order valence-corrected chi connectivity index (χ1v) is 6.51. The van der Waals surface area contributed by atoms with Gasteiger partial charge in [-0.2, -0.15) is 0 Å². The fourth-order valence-electron chi connectivity index (χ4n) is 1.87. The van der Waals surface area contributed by atoms with E-state index < -0.39 is 12.3 Å². The van der Waals surface area contributed by atoms with Crippen LogP contribution >= 0.6 is 0 Å². The smallest absolute Gasteiger partial charge is 0.480 e. The number of hydrogen-bond donors (Lipinski definition) is 1. The Labute approximate surface area is 121 Å². The standard InChI is InChI=1S/C14H18F3NO3/c1-3-10(2)18(9-13(19)20)8-11-5-4-6-12(7-11)21-14(15,16)17/h4-7,10H,3,8-9H2,1-2H3,(H,19,20). The maximum absolute atomic E-state index is 12.2. The number of rotatable bonds is 7. The van der Waals surface area contributed by atoms with Crippen LogP contribution in [0.15, 0.2) is 24.3 Å². The number of aliphatic carboxylic acids is 1. The summed E-state index contributed by atoms with van der Waals surface area (Å²) in [5, 5.41) is 8.90. The molecule has 21 heavy (non-hydrogen) atoms. The fourth-order valence-corrected chi connectivity index (χ4v) is 1.87. The summed E-state index contributed by atoms with van der Waals surface area (Å²) < 4.78 is 40.4. The normalized spacial score (nSPS) is 13.2. The molecule has 7 heteroatoms. The van der Waals surface area contributed by atoms with E-state index >= 15 is 0 Å². The van der Waals surface area contributed by atoms with Crippen molar-refractivity contribution in [3.63, 3.8) is 0 Å². The van der Waals surface area contributed by atoms with Crippen molar-refractivity contribution in [3.8, 4) is 5.75 Å². The summed E-state index contributed by atoms with van der Waals surface area (Å²) in [4.78, 5) is 12.5. The van der Waals surface area contributed by atoms with E-state index in [9.17, 15) is 18.0 Å². The molecular weight excluding hydrogens is 287 g/mol. The van der Waals surface area contributed by atoms with Crippen molar-refractivity contribution < 1.29 is 27.8 Å². The molecule has 1 atom stereocenters. The monoisotopic (exact) mass is 305 g/mol. The Morgan fingerprint density at radius 1 is 1.43 bits per heavy atom. The zero-order valence-electron chi connectivity index (χ0n) is 11.9. The zero-order chi connectivity index (χ0) is 16.0. The summed E-state index contributed by atoms with van der Waals surface area (Å²) >= 11 is 0. The van der Waals surface area contributed by atoms with Gasteiger partial charge in [-0.05, 0) is 31.0 Å². The van der Waals surface area contributed by atoms with Gasteiger partial charge in [0.25, 0.3) is 0 Å². The molecular formula is C14H18F3NO3. The van der Waals surface area contributed by atoms with Crippen LogP contribution in [0.25, 0.3) is 0 Å². The molecule has 1 unspecified atom stereocenters. The van der Waals surface area contributed by atoms with Crippen molar-refractivity contribution in [1.82, 2.24) is 4.90 Å². The van der Waals surface area contributed by atoms with Gasteiger partial charge in [0.2, 0.25) is 0 Å². The Balaban J connectivity index is 2.83. The van der Waals surface area contributed by atoms with Crippen molar-refractivity contribution >= 4 is 5.97 Å². The predicted molar refractivity (Wildman–Crippen MR) is 70.9 cm³/mol. The van der Waals surface area contributed by atoms with Gasteiger partial charge in [-0.25, -0.2) is 0 Å². The Kier molecular flexibility index (Phi) is 6.02. The lowest BCUT2D eigenvalue weighted by Gasteiger charge is -2.26. The number of alkyl halides is 3. The third-order valence-corrected chi connectivity index (χ3v) is 3.07. The fraction of sp³-hybridized carbons (Fsp3) is 0.500. The molecule has 0 radical (unpaired) electrons. The quantitative estimate of drug-likeness (QED) is 0.840. The minimum atomic E-state index is -4.74. The van der Waals surface area contributed by atoms with Crippen molar-refractivity contribution in [3.05, 3.63) is 29.8 Å². The molecule has 1 N–H and O–H groups in total. The Morgan fingerprint density at radius 2 is 2.10 bits per heavy atom. The van der Waals surface area contributed by atoms with Crippen molar-refractivity contribution in [2.24, 2.45) is 0 Å². The summed E-state index contributed by atoms with van der Waals surface area (Å²) in [5.41, 5.74) is 0.568. The topological polar surface area (TPSA) is 49.8 Å². The molecule has 0 fully saturated rings. The number of carbonyl (C=O) groups is 1. The van der Waals surface area contributed by atoms with Crippen LogP contribution < -0.4 is 4.74 Å². The van der Waals surface area contributed by atoms with Gasteiger partial charge in [0.15, 0.2) is 0 Å². The molecule has 0 spiro atoms. The number of halogens is 3. The predicted octanol–water partition coefficient (Wildman–Crippen LogP) is 3.27. The third kappa shape index (κ3) is 6.48. The molecule has 0 aliphatic carbocycles. The molecule has 0 bridgehead atoms. The van der Waals surface area contributed by atoms with Crippen LogP contribution in [0, 0.1) is 0 Å². The van der Waals surface area contributed by atoms with Crippen LogP contribution in [-0.4, -0.2) is 34.9 Å². The van der Waals surface area contributed by atoms with E-state index in [2.05, 4.69) is 4.74 Å². The van der Waals surface area contributed by atoms with E-state index in [1.54, 1.807) is 11.0 Å². The molecule has 1 aromatic carbocycles. The number of nitrogens with zero attached hydrogens (tertiary/aromatic N) is 1. The second kappa shape index (κ2) is 7.31. The zero-order valence-corrected chi connectivity index (χ0v) is 11.9. The Hall–Kier alpha value is -1.76. The number of benzene rings is 1. The Morgan fingerprint density at radius 3 is 2.62 bits per heavy atom. The highest BCUT2D eigenvalue weighted by molar-refractivity contribution is 5.69. The maximum atomic E-state index is 12.2. The molecule has 0 saturated carbocycles. The van der Waals surface area contributed by atoms with E-state index in [4.69, 9.17) is 5.11 Å². The molecule has 0 amide bonds. The highest BCUT2D eigenvalue weighted by Crippen LogP contribution is 2.24. The van der Waals surface area contributed by atoms with Crippen molar-refractivity contribution in [2.75, 3.05) is 6.54 Å². The van der Waals surface area contributed by atoms with Crippen LogP contribution in [-0.2, 0) is 11.3 Å². The van der Waals surface area contributed by atoms with Crippen LogP contribution in [0.4, 0.5) is 13.2 Å². The molecule has 1 rings (SSSR count). The molecule has 0 aromatic heterocycles. The minimum absolute atomic E-state index is 0.00768. The molecule has 1 aromatic rings. The molecule has 0 aliphatic heterocycles. The van der Waals surface area contributed by atoms with Gasteiger partial charge in [0.1, 0.15) is 5.75 Å². The summed E-state index contributed by atoms with van der Waals surface area (Å²) in [7, 11) is 0. The van der Waals surface area contributed by atoms with Gasteiger partial charge in [-0.1, -0.05) is 19.1 Å². The van der Waals surface area contributed by atoms with Gasteiger partial charge < -0.3 is 9.84 Å². The third-order valence-electron chi connectivity index (χ3n) is 3.07. The Bertz CT molecular complexity index is 477.